The number of rotatable bonds is 2. The zero-order chi connectivity index (χ0) is 20.2. The van der Waals surface area contributed by atoms with E-state index in [2.05, 4.69) is 30.4 Å². The van der Waals surface area contributed by atoms with Crippen LogP contribution >= 0.6 is 0 Å². The zero-order valence-corrected chi connectivity index (χ0v) is 16.4. The molecule has 0 saturated heterocycles. The van der Waals surface area contributed by atoms with Crippen molar-refractivity contribution >= 4 is 50.8 Å². The van der Waals surface area contributed by atoms with Gasteiger partial charge in [0.05, 0.1) is 0 Å². The van der Waals surface area contributed by atoms with Crippen LogP contribution in [0.4, 0.5) is 0 Å². The van der Waals surface area contributed by atoms with Crippen molar-refractivity contribution in [2.45, 2.75) is 13.3 Å². The van der Waals surface area contributed by atoms with Gasteiger partial charge < -0.3 is 8.83 Å². The summed E-state index contributed by atoms with van der Waals surface area (Å²) in [5.74, 6) is 0.834. The van der Waals surface area contributed by atoms with Crippen molar-refractivity contribution in [1.82, 2.24) is 0 Å². The lowest BCUT2D eigenvalue weighted by atomic mass is 9.91. The van der Waals surface area contributed by atoms with E-state index in [1.165, 1.54) is 0 Å². The van der Waals surface area contributed by atoms with Gasteiger partial charge in [-0.2, -0.15) is 0 Å². The number of para-hydroxylation sites is 2. The smallest absolute Gasteiger partial charge is 0.160 e. The molecule has 2 aromatic heterocycles. The van der Waals surface area contributed by atoms with E-state index in [0.717, 1.165) is 61.8 Å². The number of hydrogen-bond acceptors (Lipinski definition) is 3. The van der Waals surface area contributed by atoms with Crippen LogP contribution in [0.5, 0.6) is 0 Å². The Bertz CT molecular complexity index is 1540. The third kappa shape index (κ3) is 2.35. The van der Waals surface area contributed by atoms with Crippen LogP contribution in [0.15, 0.2) is 75.6 Å². The van der Waals surface area contributed by atoms with Crippen molar-refractivity contribution in [1.29, 1.82) is 0 Å². The first-order chi connectivity index (χ1) is 14.7. The van der Waals surface area contributed by atoms with E-state index in [9.17, 15) is 4.79 Å². The highest BCUT2D eigenvalue weighted by Crippen LogP contribution is 2.43. The molecule has 144 valence electrons. The number of benzene rings is 3. The SMILES string of the molecule is CC(=O)c1ccc2oc3c(c2c1-c1cccc2c1oc1ccccc12)C=CCC=C3. The second-order valence-electron chi connectivity index (χ2n) is 7.62. The number of Topliss-reactive ketones (excluding diaryl/α,β-unsaturated/α-hetero) is 1. The van der Waals surface area contributed by atoms with Crippen molar-refractivity contribution in [2.75, 3.05) is 0 Å². The minimum atomic E-state index is 0.0168. The van der Waals surface area contributed by atoms with Crippen molar-refractivity contribution in [3.05, 3.63) is 83.6 Å². The van der Waals surface area contributed by atoms with Crippen LogP contribution in [-0.2, 0) is 0 Å². The Morgan fingerprint density at radius 2 is 1.67 bits per heavy atom. The fourth-order valence-corrected chi connectivity index (χ4v) is 4.48. The number of ketones is 1. The van der Waals surface area contributed by atoms with Crippen LogP contribution in [0.2, 0.25) is 0 Å². The Morgan fingerprint density at radius 3 is 2.57 bits per heavy atom. The van der Waals surface area contributed by atoms with E-state index >= 15 is 0 Å². The normalized spacial score (nSPS) is 13.2. The van der Waals surface area contributed by atoms with Gasteiger partial charge in [-0.1, -0.05) is 54.6 Å². The molecule has 3 nitrogen and oxygen atoms in total. The van der Waals surface area contributed by atoms with Gasteiger partial charge in [-0.25, -0.2) is 0 Å². The maximum absolute atomic E-state index is 12.7. The van der Waals surface area contributed by atoms with Crippen molar-refractivity contribution in [2.24, 2.45) is 0 Å². The molecule has 30 heavy (non-hydrogen) atoms. The molecule has 3 aromatic carbocycles. The second-order valence-corrected chi connectivity index (χ2v) is 7.62. The molecular formula is C27H18O3. The fourth-order valence-electron chi connectivity index (χ4n) is 4.48. The molecule has 0 aliphatic heterocycles. The van der Waals surface area contributed by atoms with Gasteiger partial charge >= 0.3 is 0 Å². The van der Waals surface area contributed by atoms with Gasteiger partial charge in [-0.15, -0.1) is 0 Å². The maximum Gasteiger partial charge on any atom is 0.160 e. The second kappa shape index (κ2) is 6.33. The molecule has 1 aliphatic rings. The topological polar surface area (TPSA) is 43.4 Å². The number of furan rings is 2. The van der Waals surface area contributed by atoms with E-state index in [4.69, 9.17) is 8.83 Å². The first-order valence-electron chi connectivity index (χ1n) is 10.1. The molecule has 6 rings (SSSR count). The molecule has 1 aliphatic carbocycles. The lowest BCUT2D eigenvalue weighted by Crippen LogP contribution is -1.97. The van der Waals surface area contributed by atoms with Gasteiger partial charge in [0.1, 0.15) is 22.5 Å². The van der Waals surface area contributed by atoms with Crippen LogP contribution in [0.3, 0.4) is 0 Å². The van der Waals surface area contributed by atoms with E-state index < -0.39 is 0 Å². The van der Waals surface area contributed by atoms with Crippen LogP contribution in [-0.4, -0.2) is 5.78 Å². The average molecular weight is 390 g/mol. The van der Waals surface area contributed by atoms with Gasteiger partial charge in [-0.3, -0.25) is 4.79 Å². The van der Waals surface area contributed by atoms with Gasteiger partial charge in [-0.05, 0) is 37.6 Å². The molecule has 0 radical (unpaired) electrons. The number of carbonyl (C=O) groups is 1. The summed E-state index contributed by atoms with van der Waals surface area (Å²) in [6.07, 6.45) is 9.15. The number of allylic oxidation sites excluding steroid dienone is 2. The van der Waals surface area contributed by atoms with Gasteiger partial charge in [0.2, 0.25) is 0 Å². The number of carbonyl (C=O) groups excluding carboxylic acids is 1. The first-order valence-corrected chi connectivity index (χ1v) is 10.1. The average Bonchev–Trinajstić information content (AvgIpc) is 3.22. The molecule has 0 amide bonds. The third-order valence-electron chi connectivity index (χ3n) is 5.80. The van der Waals surface area contributed by atoms with Crippen LogP contribution in [0.25, 0.3) is 56.2 Å². The van der Waals surface area contributed by atoms with Crippen molar-refractivity contribution in [3.63, 3.8) is 0 Å². The highest BCUT2D eigenvalue weighted by Gasteiger charge is 2.23. The first kappa shape index (κ1) is 17.0. The van der Waals surface area contributed by atoms with E-state index in [-0.39, 0.29) is 5.78 Å². The van der Waals surface area contributed by atoms with E-state index in [0.29, 0.717) is 5.56 Å². The molecule has 5 aromatic rings. The summed E-state index contributed by atoms with van der Waals surface area (Å²) in [6, 6.07) is 17.9. The standard InChI is InChI=1S/C27H18O3/c1-16(28)17-14-15-24-26(20-9-3-2-4-12-23(20)29-24)25(17)21-11-7-10-19-18-8-5-6-13-22(18)30-27(19)21/h3-15H,2H2,1H3. The minimum absolute atomic E-state index is 0.0168. The Kier molecular flexibility index (Phi) is 3.59. The fraction of sp³-hybridized carbons (Fsp3) is 0.0741. The predicted molar refractivity (Wildman–Crippen MR) is 122 cm³/mol. The lowest BCUT2D eigenvalue weighted by molar-refractivity contribution is 0.101. The molecule has 0 spiro atoms. The molecule has 0 N–H and O–H groups in total. The van der Waals surface area contributed by atoms with Crippen LogP contribution in [0, 0.1) is 0 Å². The monoisotopic (exact) mass is 390 g/mol. The highest BCUT2D eigenvalue weighted by atomic mass is 16.3. The predicted octanol–water partition coefficient (Wildman–Crippen LogP) is 7.63. The molecule has 2 heterocycles. The molecule has 0 bridgehead atoms. The van der Waals surface area contributed by atoms with Gasteiger partial charge in [0, 0.05) is 38.4 Å². The highest BCUT2D eigenvalue weighted by molar-refractivity contribution is 6.17. The summed E-state index contributed by atoms with van der Waals surface area (Å²) in [4.78, 5) is 12.7. The quantitative estimate of drug-likeness (QED) is 0.291. The molecular weight excluding hydrogens is 372 g/mol. The third-order valence-corrected chi connectivity index (χ3v) is 5.80. The van der Waals surface area contributed by atoms with Gasteiger partial charge in [0.25, 0.3) is 0 Å². The number of hydrogen-bond donors (Lipinski definition) is 0. The molecule has 0 unspecified atom stereocenters. The van der Waals surface area contributed by atoms with E-state index in [1.54, 1.807) is 6.92 Å². The zero-order valence-electron chi connectivity index (χ0n) is 16.4. The van der Waals surface area contributed by atoms with Crippen molar-refractivity contribution < 1.29 is 13.6 Å². The maximum atomic E-state index is 12.7. The molecule has 0 saturated carbocycles. The Balaban J connectivity index is 1.80. The van der Waals surface area contributed by atoms with Crippen LogP contribution in [0.1, 0.15) is 35.0 Å². The van der Waals surface area contributed by atoms with E-state index in [1.807, 2.05) is 48.5 Å². The van der Waals surface area contributed by atoms with Crippen LogP contribution < -0.4 is 0 Å². The summed E-state index contributed by atoms with van der Waals surface area (Å²) in [5, 5.41) is 3.06. The lowest BCUT2D eigenvalue weighted by Gasteiger charge is -2.10. The molecule has 0 atom stereocenters. The molecule has 3 heteroatoms. The molecule has 0 fully saturated rings. The number of fused-ring (bicyclic) bond motifs is 6. The summed E-state index contributed by atoms with van der Waals surface area (Å²) in [6.45, 7) is 1.61. The Hall–Kier alpha value is -3.85. The largest absolute Gasteiger partial charge is 0.456 e. The Morgan fingerprint density at radius 1 is 0.833 bits per heavy atom. The summed E-state index contributed by atoms with van der Waals surface area (Å²) in [5.41, 5.74) is 5.84. The minimum Gasteiger partial charge on any atom is -0.456 e. The Labute approximate surface area is 172 Å². The van der Waals surface area contributed by atoms with Crippen molar-refractivity contribution in [3.8, 4) is 11.1 Å². The summed E-state index contributed by atoms with van der Waals surface area (Å²) >= 11 is 0. The summed E-state index contributed by atoms with van der Waals surface area (Å²) < 4.78 is 12.5. The summed E-state index contributed by atoms with van der Waals surface area (Å²) in [7, 11) is 0. The van der Waals surface area contributed by atoms with Gasteiger partial charge in [0.15, 0.2) is 5.78 Å².